The zero-order chi connectivity index (χ0) is 89.1. The predicted molar refractivity (Wildman–Crippen MR) is 448 cm³/mol. The minimum absolute atomic E-state index is 0. The molecule has 0 saturated heterocycles. The number of rotatable bonds is 17. The third-order valence-electron chi connectivity index (χ3n) is 16.9. The van der Waals surface area contributed by atoms with Gasteiger partial charge < -0.3 is 40.9 Å². The molecular formula is C95H96F10Ir4N8O8-4. The molecule has 16 nitrogen and oxygen atoms in total. The number of hydrogen-bond donors (Lipinski definition) is 8. The van der Waals surface area contributed by atoms with Gasteiger partial charge in [-0.3, -0.25) is 28.7 Å². The number of halogens is 10. The van der Waals surface area contributed by atoms with E-state index in [0.717, 1.165) is 116 Å². The van der Waals surface area contributed by atoms with Crippen LogP contribution in [0.25, 0.3) is 101 Å². The van der Waals surface area contributed by atoms with Crippen LogP contribution in [0, 0.1) is 68.3 Å². The molecule has 0 amide bonds. The fraction of sp³-hybridized carbons (Fsp3) is 0.263. The van der Waals surface area contributed by atoms with Crippen molar-refractivity contribution in [1.29, 1.82) is 0 Å². The topological polar surface area (TPSA) is 265 Å². The molecule has 674 valence electrons. The van der Waals surface area contributed by atoms with Gasteiger partial charge in [0.2, 0.25) is 0 Å². The molecule has 4 aromatic heterocycles. The summed E-state index contributed by atoms with van der Waals surface area (Å²) in [5, 5.41) is 68.5. The molecule has 0 aliphatic heterocycles. The average Bonchev–Trinajstić information content (AvgIpc) is 0.784. The summed E-state index contributed by atoms with van der Waals surface area (Å²) in [6.45, 7) is 19.3. The number of aliphatic hydroxyl groups is 8. The van der Waals surface area contributed by atoms with Crippen molar-refractivity contribution in [3.63, 3.8) is 0 Å². The summed E-state index contributed by atoms with van der Waals surface area (Å²) in [6, 6.07) is 69.4. The smallest absolute Gasteiger partial charge is 0.381 e. The van der Waals surface area contributed by atoms with E-state index in [1.165, 1.54) is 36.9 Å². The Hall–Kier alpha value is -9.12. The molecule has 30 heteroatoms. The van der Waals surface area contributed by atoms with Crippen LogP contribution in [0.3, 0.4) is 0 Å². The molecule has 13 aromatic rings. The average molecular weight is 2440 g/mol. The van der Waals surface area contributed by atoms with Gasteiger partial charge in [0.1, 0.15) is 36.9 Å². The summed E-state index contributed by atoms with van der Waals surface area (Å²) < 4.78 is 129. The van der Waals surface area contributed by atoms with Crippen molar-refractivity contribution in [2.75, 3.05) is 0 Å². The van der Waals surface area contributed by atoms with Gasteiger partial charge in [-0.25, -0.2) is 28.7 Å². The second-order valence-electron chi connectivity index (χ2n) is 28.3. The molecule has 13 rings (SSSR count). The first-order valence-corrected chi connectivity index (χ1v) is 38.3. The summed E-state index contributed by atoms with van der Waals surface area (Å²) in [6.07, 6.45) is -4.29. The van der Waals surface area contributed by atoms with Gasteiger partial charge in [-0.1, -0.05) is 139 Å². The number of hydrogen-bond acceptors (Lipinski definition) is 16. The Morgan fingerprint density at radius 3 is 1.13 bits per heavy atom. The van der Waals surface area contributed by atoms with Crippen molar-refractivity contribution < 1.29 is 165 Å². The van der Waals surface area contributed by atoms with Crippen molar-refractivity contribution in [2.45, 2.75) is 163 Å². The van der Waals surface area contributed by atoms with Crippen LogP contribution in [0.5, 0.6) is 0 Å². The quantitative estimate of drug-likeness (QED) is 0.0311. The van der Waals surface area contributed by atoms with E-state index in [-0.39, 0.29) is 152 Å². The number of aromatic nitrogens is 8. The van der Waals surface area contributed by atoms with Crippen LogP contribution in [0.1, 0.15) is 109 Å². The Morgan fingerprint density at radius 1 is 0.312 bits per heavy atom. The Morgan fingerprint density at radius 2 is 0.712 bits per heavy atom. The zero-order valence-corrected chi connectivity index (χ0v) is 79.3. The number of alkyl halides is 6. The first-order valence-electron chi connectivity index (χ1n) is 38.3. The molecule has 125 heavy (non-hydrogen) atoms. The normalized spacial score (nSPS) is 12.5. The van der Waals surface area contributed by atoms with Crippen molar-refractivity contribution in [2.24, 2.45) is 0 Å². The van der Waals surface area contributed by atoms with Crippen LogP contribution in [-0.2, 0) is 92.8 Å². The van der Waals surface area contributed by atoms with Gasteiger partial charge in [-0.2, -0.15) is 26.3 Å². The summed E-state index contributed by atoms with van der Waals surface area (Å²) in [5.41, 5.74) is 13.6. The fourth-order valence-electron chi connectivity index (χ4n) is 11.5. The van der Waals surface area contributed by atoms with E-state index in [2.05, 4.69) is 88.4 Å². The molecule has 4 heterocycles. The first kappa shape index (κ1) is 112. The first-order chi connectivity index (χ1) is 57.3. The summed E-state index contributed by atoms with van der Waals surface area (Å²) in [7, 11) is 0. The molecule has 4 radical (unpaired) electrons. The maximum absolute atomic E-state index is 13.8. The molecular weight excluding hydrogens is 2340 g/mol. The SMILES string of the molecule is CC(O)CC(C)O.CC(O)CC(C)O.CC(O)CC(C)O.CC(O)CC(C)O.Cc1ccc(-c2cc(-c3[c-]cc(C(F)(F)F)cc3)ncn2)cc1.Cc1cccc(C)c1-c1cc(-c2[c-]cc(C(F)(F)F)cc2)ncn1.Fc1c[c-]c(-c2cc(-c3ccc(F)cc3F)ncn2)c(F)c1.[Ir].[Ir].[Ir].[Ir].[c-]1ccccc1-c1ncnc(-c2ccccc2)c1-c1ccccc1. The molecule has 0 fully saturated rings. The number of benzene rings is 9. The van der Waals surface area contributed by atoms with E-state index >= 15 is 0 Å². The maximum Gasteiger partial charge on any atom is 0.381 e. The molecule has 8 N–H and O–H groups in total. The van der Waals surface area contributed by atoms with Gasteiger partial charge >= 0.3 is 12.4 Å². The number of aryl methyl sites for hydroxylation is 3. The zero-order valence-electron chi connectivity index (χ0n) is 69.7. The van der Waals surface area contributed by atoms with E-state index in [1.807, 2.05) is 124 Å². The predicted octanol–water partition coefficient (Wildman–Crippen LogP) is 20.2. The second kappa shape index (κ2) is 56.2. The van der Waals surface area contributed by atoms with Gasteiger partial charge in [-0.05, 0) is 176 Å². The maximum atomic E-state index is 13.8. The van der Waals surface area contributed by atoms with Crippen LogP contribution in [0.2, 0.25) is 0 Å². The van der Waals surface area contributed by atoms with Crippen LogP contribution < -0.4 is 0 Å². The van der Waals surface area contributed by atoms with Crippen molar-refractivity contribution >= 4 is 0 Å². The third-order valence-corrected chi connectivity index (χ3v) is 16.9. The molecule has 9 aromatic carbocycles. The van der Waals surface area contributed by atoms with E-state index in [1.54, 1.807) is 73.8 Å². The monoisotopic (exact) mass is 2440 g/mol. The standard InChI is InChI=1S/C22H15N2.C19H14F3N2.C18H12F3N2.C16H7F4N2.4C5H12O2.4Ir/c1-4-10-17(11-5-1)20-21(18-12-6-2-7-13-18)23-16-24-22(20)19-14-8-3-9-15-19;1-12-4-3-5-13(2)18(12)17-10-16(23-11-24-17)14-6-8-15(9-7-14)19(20,21)22;1-12-2-4-13(5-3-12)16-10-17(23-11-22-16)14-6-8-15(9-7-14)18(19,20)21;17-9-1-3-11(13(19)5-9)15-7-16(22-8-21-15)12-4-2-10(18)6-14(12)20;4*1-4(6)3-5(2)7;;;;/h1-14,16H;3-6,8-11H,1-2H3;2-6,8-11H,1H3;1-3,5-8H;4*4-7H,3H2,1-2H3;;;;/q4*-1;;;;;;;;. The van der Waals surface area contributed by atoms with Gasteiger partial charge in [0.25, 0.3) is 0 Å². The van der Waals surface area contributed by atoms with Crippen molar-refractivity contribution in [3.05, 3.63) is 313 Å². The van der Waals surface area contributed by atoms with Gasteiger partial charge in [0.15, 0.2) is 0 Å². The Kier molecular flexibility index (Phi) is 50.3. The van der Waals surface area contributed by atoms with Crippen molar-refractivity contribution in [3.8, 4) is 101 Å². The van der Waals surface area contributed by atoms with E-state index in [4.69, 9.17) is 40.9 Å². The minimum atomic E-state index is -4.37. The molecule has 0 aliphatic rings. The van der Waals surface area contributed by atoms with Crippen molar-refractivity contribution in [1.82, 2.24) is 39.9 Å². The summed E-state index contributed by atoms with van der Waals surface area (Å²) >= 11 is 0. The Labute approximate surface area is 776 Å². The van der Waals surface area contributed by atoms with Gasteiger partial charge in [0, 0.05) is 115 Å². The van der Waals surface area contributed by atoms with Gasteiger partial charge in [0.05, 0.1) is 71.6 Å². The van der Waals surface area contributed by atoms with Crippen LogP contribution in [-0.4, -0.2) is 130 Å². The number of aliphatic hydroxyl groups excluding tert-OH is 8. The van der Waals surface area contributed by atoms with Crippen LogP contribution in [0.15, 0.2) is 238 Å². The minimum Gasteiger partial charge on any atom is -0.393 e. The molecule has 8 atom stereocenters. The Balaban J connectivity index is 0.000000507. The summed E-state index contributed by atoms with van der Waals surface area (Å²) in [5.74, 6) is -3.12. The Bertz CT molecular complexity index is 5030. The van der Waals surface area contributed by atoms with Gasteiger partial charge in [-0.15, -0.1) is 108 Å². The molecule has 0 saturated carbocycles. The second-order valence-corrected chi connectivity index (χ2v) is 28.3. The van der Waals surface area contributed by atoms with Crippen LogP contribution >= 0.6 is 0 Å². The molecule has 0 spiro atoms. The fourth-order valence-corrected chi connectivity index (χ4v) is 11.5. The third kappa shape index (κ3) is 39.3. The molecule has 0 bridgehead atoms. The largest absolute Gasteiger partial charge is 0.393 e. The van der Waals surface area contributed by atoms with E-state index in [0.29, 0.717) is 60.0 Å². The molecule has 8 unspecified atom stereocenters. The summed E-state index contributed by atoms with van der Waals surface area (Å²) in [4.78, 5) is 33.7. The molecule has 0 aliphatic carbocycles. The van der Waals surface area contributed by atoms with Crippen LogP contribution in [0.4, 0.5) is 43.9 Å². The van der Waals surface area contributed by atoms with E-state index in [9.17, 15) is 43.9 Å². The number of nitrogens with zero attached hydrogens (tertiary/aromatic N) is 8. The van der Waals surface area contributed by atoms with E-state index < -0.39 is 46.7 Å².